The van der Waals surface area contributed by atoms with E-state index in [0.29, 0.717) is 6.04 Å². The highest BCUT2D eigenvalue weighted by Crippen LogP contribution is 2.24. The van der Waals surface area contributed by atoms with E-state index in [0.717, 1.165) is 6.54 Å². The Morgan fingerprint density at radius 1 is 1.67 bits per heavy atom. The lowest BCUT2D eigenvalue weighted by Gasteiger charge is -2.08. The van der Waals surface area contributed by atoms with Crippen molar-refractivity contribution in [2.45, 2.75) is 25.8 Å². The Balaban J connectivity index is 2.26. The van der Waals surface area contributed by atoms with Gasteiger partial charge >= 0.3 is 0 Å². The minimum absolute atomic E-state index is 0.554. The van der Waals surface area contributed by atoms with E-state index in [1.54, 1.807) is 0 Å². The van der Waals surface area contributed by atoms with Gasteiger partial charge in [-0.15, -0.1) is 0 Å². The first kappa shape index (κ1) is 7.80. The number of rotatable bonds is 1. The molecule has 0 aromatic carbocycles. The molecule has 12 heavy (non-hydrogen) atoms. The predicted molar refractivity (Wildman–Crippen MR) is 47.9 cm³/mol. The molecule has 1 fully saturated rings. The second-order valence-electron chi connectivity index (χ2n) is 3.46. The number of hydrogen-bond donors (Lipinski definition) is 1. The summed E-state index contributed by atoms with van der Waals surface area (Å²) in [7, 11) is 1.99. The highest BCUT2D eigenvalue weighted by Gasteiger charge is 2.19. The van der Waals surface area contributed by atoms with Crippen molar-refractivity contribution < 1.29 is 0 Å². The van der Waals surface area contributed by atoms with Crippen LogP contribution in [-0.2, 0) is 7.05 Å². The van der Waals surface area contributed by atoms with Crippen molar-refractivity contribution in [1.82, 2.24) is 15.1 Å². The quantitative estimate of drug-likeness (QED) is 0.676. The molecule has 1 aromatic rings. The van der Waals surface area contributed by atoms with Crippen LogP contribution in [0.2, 0.25) is 0 Å². The fourth-order valence-corrected chi connectivity index (χ4v) is 1.81. The predicted octanol–water partition coefficient (Wildman–Crippen LogP) is 1.15. The molecule has 0 saturated carbocycles. The maximum absolute atomic E-state index is 4.24. The van der Waals surface area contributed by atoms with E-state index in [1.165, 1.54) is 24.1 Å². The third-order valence-electron chi connectivity index (χ3n) is 2.71. The van der Waals surface area contributed by atoms with Gasteiger partial charge in [0, 0.05) is 24.3 Å². The number of nitrogens with zero attached hydrogens (tertiary/aromatic N) is 2. The molecule has 0 bridgehead atoms. The van der Waals surface area contributed by atoms with Crippen LogP contribution in [0.5, 0.6) is 0 Å². The summed E-state index contributed by atoms with van der Waals surface area (Å²) in [5, 5.41) is 7.71. The van der Waals surface area contributed by atoms with Gasteiger partial charge in [0.15, 0.2) is 0 Å². The van der Waals surface area contributed by atoms with Crippen molar-refractivity contribution in [3.8, 4) is 0 Å². The van der Waals surface area contributed by atoms with Gasteiger partial charge in [-0.1, -0.05) is 0 Å². The Bertz CT molecular complexity index is 271. The molecule has 3 nitrogen and oxygen atoms in total. The van der Waals surface area contributed by atoms with Crippen LogP contribution in [0.4, 0.5) is 0 Å². The molecule has 1 saturated heterocycles. The van der Waals surface area contributed by atoms with Crippen LogP contribution in [0.25, 0.3) is 0 Å². The van der Waals surface area contributed by atoms with Crippen molar-refractivity contribution in [3.05, 3.63) is 17.5 Å². The summed E-state index contributed by atoms with van der Waals surface area (Å²) in [5.74, 6) is 0. The zero-order valence-corrected chi connectivity index (χ0v) is 7.67. The van der Waals surface area contributed by atoms with Gasteiger partial charge in [-0.3, -0.25) is 4.68 Å². The Kier molecular flexibility index (Phi) is 1.89. The number of nitrogens with one attached hydrogen (secondary N) is 1. The molecule has 3 heteroatoms. The van der Waals surface area contributed by atoms with Crippen molar-refractivity contribution in [2.24, 2.45) is 7.05 Å². The lowest BCUT2D eigenvalue weighted by atomic mass is 10.1. The lowest BCUT2D eigenvalue weighted by molar-refractivity contribution is 0.639. The molecule has 1 aliphatic rings. The van der Waals surface area contributed by atoms with E-state index < -0.39 is 0 Å². The average Bonchev–Trinajstić information content (AvgIpc) is 2.64. The Labute approximate surface area is 72.8 Å². The molecule has 1 aromatic heterocycles. The smallest absolute Gasteiger partial charge is 0.0540 e. The monoisotopic (exact) mass is 165 g/mol. The summed E-state index contributed by atoms with van der Waals surface area (Å²) in [6.45, 7) is 3.28. The summed E-state index contributed by atoms with van der Waals surface area (Å²) < 4.78 is 1.94. The van der Waals surface area contributed by atoms with Crippen LogP contribution in [-0.4, -0.2) is 16.3 Å². The molecule has 0 amide bonds. The standard InChI is InChI=1S/C9H15N3/c1-7-8(6-11-12(7)2)9-4-3-5-10-9/h6,9-10H,3-5H2,1-2H3. The molecule has 66 valence electrons. The summed E-state index contributed by atoms with van der Waals surface area (Å²) in [6, 6.07) is 0.554. The van der Waals surface area contributed by atoms with Crippen LogP contribution in [0, 0.1) is 6.92 Å². The highest BCUT2D eigenvalue weighted by molar-refractivity contribution is 5.21. The number of aromatic nitrogens is 2. The van der Waals surface area contributed by atoms with Gasteiger partial charge in [-0.05, 0) is 26.3 Å². The molecule has 0 aliphatic carbocycles. The van der Waals surface area contributed by atoms with Crippen LogP contribution in [0.1, 0.15) is 30.1 Å². The molecule has 1 unspecified atom stereocenters. The summed E-state index contributed by atoms with van der Waals surface area (Å²) in [5.41, 5.74) is 2.66. The second-order valence-corrected chi connectivity index (χ2v) is 3.46. The molecule has 1 N–H and O–H groups in total. The SMILES string of the molecule is Cc1c(C2CCCN2)cnn1C. The third-order valence-corrected chi connectivity index (χ3v) is 2.71. The molecular formula is C9H15N3. The average molecular weight is 165 g/mol. The second kappa shape index (κ2) is 2.90. The van der Waals surface area contributed by atoms with Crippen molar-refractivity contribution >= 4 is 0 Å². The molecule has 0 spiro atoms. The Morgan fingerprint density at radius 3 is 3.00 bits per heavy atom. The van der Waals surface area contributed by atoms with Crippen LogP contribution >= 0.6 is 0 Å². The van der Waals surface area contributed by atoms with Crippen LogP contribution < -0.4 is 5.32 Å². The van der Waals surface area contributed by atoms with E-state index in [4.69, 9.17) is 0 Å². The Morgan fingerprint density at radius 2 is 2.50 bits per heavy atom. The maximum atomic E-state index is 4.24. The molecule has 2 rings (SSSR count). The van der Waals surface area contributed by atoms with E-state index in [2.05, 4.69) is 17.3 Å². The summed E-state index contributed by atoms with van der Waals surface area (Å²) >= 11 is 0. The van der Waals surface area contributed by atoms with Gasteiger partial charge in [0.2, 0.25) is 0 Å². The van der Waals surface area contributed by atoms with Crippen molar-refractivity contribution in [2.75, 3.05) is 6.54 Å². The highest BCUT2D eigenvalue weighted by atomic mass is 15.3. The molecule has 1 aliphatic heterocycles. The molecular weight excluding hydrogens is 150 g/mol. The van der Waals surface area contributed by atoms with Crippen molar-refractivity contribution in [1.29, 1.82) is 0 Å². The third kappa shape index (κ3) is 1.14. The maximum Gasteiger partial charge on any atom is 0.0540 e. The molecule has 0 radical (unpaired) electrons. The van der Waals surface area contributed by atoms with E-state index in [9.17, 15) is 0 Å². The minimum Gasteiger partial charge on any atom is -0.310 e. The van der Waals surface area contributed by atoms with E-state index >= 15 is 0 Å². The first-order valence-corrected chi connectivity index (χ1v) is 4.51. The molecule has 1 atom stereocenters. The number of aryl methyl sites for hydroxylation is 1. The summed E-state index contributed by atoms with van der Waals surface area (Å²) in [6.07, 6.45) is 4.53. The lowest BCUT2D eigenvalue weighted by Crippen LogP contribution is -2.13. The van der Waals surface area contributed by atoms with Gasteiger partial charge in [-0.2, -0.15) is 5.10 Å². The van der Waals surface area contributed by atoms with E-state index in [-0.39, 0.29) is 0 Å². The molecule has 2 heterocycles. The first-order chi connectivity index (χ1) is 5.79. The number of hydrogen-bond acceptors (Lipinski definition) is 2. The fourth-order valence-electron chi connectivity index (χ4n) is 1.81. The fraction of sp³-hybridized carbons (Fsp3) is 0.667. The zero-order valence-electron chi connectivity index (χ0n) is 7.67. The van der Waals surface area contributed by atoms with Gasteiger partial charge < -0.3 is 5.32 Å². The van der Waals surface area contributed by atoms with E-state index in [1.807, 2.05) is 17.9 Å². The minimum atomic E-state index is 0.554. The van der Waals surface area contributed by atoms with Gasteiger partial charge in [0.25, 0.3) is 0 Å². The summed E-state index contributed by atoms with van der Waals surface area (Å²) in [4.78, 5) is 0. The van der Waals surface area contributed by atoms with Gasteiger partial charge in [0.05, 0.1) is 6.20 Å². The zero-order chi connectivity index (χ0) is 8.55. The first-order valence-electron chi connectivity index (χ1n) is 4.51. The normalized spacial score (nSPS) is 23.3. The van der Waals surface area contributed by atoms with Gasteiger partial charge in [0.1, 0.15) is 0 Å². The largest absolute Gasteiger partial charge is 0.310 e. The van der Waals surface area contributed by atoms with Gasteiger partial charge in [-0.25, -0.2) is 0 Å². The van der Waals surface area contributed by atoms with Crippen LogP contribution in [0.3, 0.4) is 0 Å². The van der Waals surface area contributed by atoms with Crippen molar-refractivity contribution in [3.63, 3.8) is 0 Å². The van der Waals surface area contributed by atoms with Crippen LogP contribution in [0.15, 0.2) is 6.20 Å². The Hall–Kier alpha value is -0.830. The topological polar surface area (TPSA) is 29.9 Å².